The Morgan fingerprint density at radius 2 is 2.29 bits per heavy atom. The standard InChI is InChI=1S/C13H13N3O/c1-8-10(6-13(17)15-2)11-5-9(7-14)3-4-12(11)16-8/h3-5,16H,6H2,1-2H3,(H,15,17). The number of aryl methyl sites for hydroxylation is 1. The second-order valence-corrected chi connectivity index (χ2v) is 3.95. The maximum atomic E-state index is 11.4. The lowest BCUT2D eigenvalue weighted by atomic mass is 10.1. The Balaban J connectivity index is 2.57. The molecule has 4 heteroatoms. The van der Waals surface area contributed by atoms with E-state index in [1.54, 1.807) is 13.1 Å². The van der Waals surface area contributed by atoms with E-state index in [0.717, 1.165) is 22.2 Å². The number of carbonyl (C=O) groups excluding carboxylic acids is 1. The number of nitrogens with one attached hydrogen (secondary N) is 2. The minimum atomic E-state index is -0.0311. The molecule has 0 fully saturated rings. The maximum Gasteiger partial charge on any atom is 0.224 e. The summed E-state index contributed by atoms with van der Waals surface area (Å²) in [4.78, 5) is 14.7. The summed E-state index contributed by atoms with van der Waals surface area (Å²) in [6.07, 6.45) is 0.331. The van der Waals surface area contributed by atoms with Crippen molar-refractivity contribution in [3.8, 4) is 6.07 Å². The van der Waals surface area contributed by atoms with Gasteiger partial charge < -0.3 is 10.3 Å². The molecular weight excluding hydrogens is 214 g/mol. The number of nitriles is 1. The van der Waals surface area contributed by atoms with E-state index >= 15 is 0 Å². The van der Waals surface area contributed by atoms with Crippen molar-refractivity contribution in [2.75, 3.05) is 7.05 Å². The van der Waals surface area contributed by atoms with Crippen LogP contribution < -0.4 is 5.32 Å². The van der Waals surface area contributed by atoms with Gasteiger partial charge in [-0.25, -0.2) is 0 Å². The normalized spacial score (nSPS) is 10.2. The fraction of sp³-hybridized carbons (Fsp3) is 0.231. The Morgan fingerprint density at radius 3 is 2.94 bits per heavy atom. The number of aromatic nitrogens is 1. The highest BCUT2D eigenvalue weighted by atomic mass is 16.1. The fourth-order valence-electron chi connectivity index (χ4n) is 1.93. The summed E-state index contributed by atoms with van der Waals surface area (Å²) in [5, 5.41) is 12.4. The van der Waals surface area contributed by atoms with Gasteiger partial charge in [-0.3, -0.25) is 4.79 Å². The molecule has 0 atom stereocenters. The third kappa shape index (κ3) is 2.00. The number of likely N-dealkylation sites (N-methyl/N-ethyl adjacent to an activating group) is 1. The molecule has 0 saturated heterocycles. The van der Waals surface area contributed by atoms with Crippen molar-refractivity contribution in [3.63, 3.8) is 0 Å². The van der Waals surface area contributed by atoms with Crippen LogP contribution in [0.4, 0.5) is 0 Å². The van der Waals surface area contributed by atoms with Crippen LogP contribution in [0.15, 0.2) is 18.2 Å². The Hall–Kier alpha value is -2.28. The van der Waals surface area contributed by atoms with Gasteiger partial charge in [0.2, 0.25) is 5.91 Å². The Kier molecular flexibility index (Phi) is 2.84. The molecule has 0 aliphatic heterocycles. The van der Waals surface area contributed by atoms with Gasteiger partial charge in [-0.05, 0) is 30.7 Å². The van der Waals surface area contributed by atoms with Gasteiger partial charge in [0.25, 0.3) is 0 Å². The van der Waals surface area contributed by atoms with Crippen LogP contribution in [0.5, 0.6) is 0 Å². The summed E-state index contributed by atoms with van der Waals surface area (Å²) in [5.74, 6) is -0.0311. The molecule has 17 heavy (non-hydrogen) atoms. The van der Waals surface area contributed by atoms with Crippen LogP contribution in [0.25, 0.3) is 10.9 Å². The maximum absolute atomic E-state index is 11.4. The van der Waals surface area contributed by atoms with E-state index in [0.29, 0.717) is 12.0 Å². The highest BCUT2D eigenvalue weighted by Crippen LogP contribution is 2.23. The topological polar surface area (TPSA) is 68.7 Å². The summed E-state index contributed by atoms with van der Waals surface area (Å²) < 4.78 is 0. The van der Waals surface area contributed by atoms with Gasteiger partial charge in [0.15, 0.2) is 0 Å². The Labute approximate surface area is 99.3 Å². The van der Waals surface area contributed by atoms with E-state index in [1.165, 1.54) is 0 Å². The number of amides is 1. The lowest BCUT2D eigenvalue weighted by Gasteiger charge is -2.00. The SMILES string of the molecule is CNC(=O)Cc1c(C)[nH]c2ccc(C#N)cc12. The van der Waals surface area contributed by atoms with Gasteiger partial charge in [0.05, 0.1) is 18.1 Å². The van der Waals surface area contributed by atoms with Crippen molar-refractivity contribution in [3.05, 3.63) is 35.0 Å². The predicted molar refractivity (Wildman–Crippen MR) is 65.5 cm³/mol. The molecule has 0 aliphatic carbocycles. The minimum Gasteiger partial charge on any atom is -0.359 e. The molecule has 0 unspecified atom stereocenters. The van der Waals surface area contributed by atoms with E-state index < -0.39 is 0 Å². The van der Waals surface area contributed by atoms with Crippen LogP contribution in [0.1, 0.15) is 16.8 Å². The highest BCUT2D eigenvalue weighted by molar-refractivity contribution is 5.90. The molecule has 2 N–H and O–H groups in total. The molecule has 4 nitrogen and oxygen atoms in total. The molecule has 1 aromatic heterocycles. The van der Waals surface area contributed by atoms with E-state index in [9.17, 15) is 4.79 Å². The largest absolute Gasteiger partial charge is 0.359 e. The number of fused-ring (bicyclic) bond motifs is 1. The van der Waals surface area contributed by atoms with E-state index in [2.05, 4.69) is 16.4 Å². The predicted octanol–water partition coefficient (Wildman–Crippen LogP) is 1.64. The molecule has 0 spiro atoms. The van der Waals surface area contributed by atoms with Crippen LogP contribution in [0.2, 0.25) is 0 Å². The smallest absolute Gasteiger partial charge is 0.224 e. The van der Waals surface area contributed by atoms with Gasteiger partial charge in [-0.15, -0.1) is 0 Å². The molecule has 86 valence electrons. The van der Waals surface area contributed by atoms with Gasteiger partial charge >= 0.3 is 0 Å². The molecule has 1 amide bonds. The molecule has 0 aliphatic rings. The average Bonchev–Trinajstić information content (AvgIpc) is 2.65. The van der Waals surface area contributed by atoms with Crippen molar-refractivity contribution < 1.29 is 4.79 Å². The van der Waals surface area contributed by atoms with Gasteiger partial charge in [-0.1, -0.05) is 0 Å². The van der Waals surface area contributed by atoms with Crippen LogP contribution in [-0.2, 0) is 11.2 Å². The van der Waals surface area contributed by atoms with Crippen LogP contribution >= 0.6 is 0 Å². The minimum absolute atomic E-state index is 0.0311. The average molecular weight is 227 g/mol. The van der Waals surface area contributed by atoms with Gasteiger partial charge in [0, 0.05) is 23.6 Å². The number of nitrogens with zero attached hydrogens (tertiary/aromatic N) is 1. The van der Waals surface area contributed by atoms with Crippen molar-refractivity contribution >= 4 is 16.8 Å². The lowest BCUT2D eigenvalue weighted by Crippen LogP contribution is -2.20. The van der Waals surface area contributed by atoms with Crippen LogP contribution in [0.3, 0.4) is 0 Å². The molecule has 0 bridgehead atoms. The first-order valence-corrected chi connectivity index (χ1v) is 5.37. The molecule has 1 aromatic carbocycles. The van der Waals surface area contributed by atoms with Crippen LogP contribution in [0, 0.1) is 18.3 Å². The molecule has 2 aromatic rings. The summed E-state index contributed by atoms with van der Waals surface area (Å²) in [7, 11) is 1.62. The van der Waals surface area contributed by atoms with Gasteiger partial charge in [-0.2, -0.15) is 5.26 Å². The van der Waals surface area contributed by atoms with Gasteiger partial charge in [0.1, 0.15) is 0 Å². The zero-order chi connectivity index (χ0) is 12.4. The molecule has 0 radical (unpaired) electrons. The van der Waals surface area contributed by atoms with Crippen molar-refractivity contribution in [2.24, 2.45) is 0 Å². The summed E-state index contributed by atoms with van der Waals surface area (Å²) in [6, 6.07) is 7.56. The molecule has 2 rings (SSSR count). The van der Waals surface area contributed by atoms with Crippen molar-refractivity contribution in [2.45, 2.75) is 13.3 Å². The van der Waals surface area contributed by atoms with E-state index in [4.69, 9.17) is 5.26 Å². The lowest BCUT2D eigenvalue weighted by molar-refractivity contribution is -0.119. The number of H-pyrrole nitrogens is 1. The fourth-order valence-corrected chi connectivity index (χ4v) is 1.93. The first kappa shape index (κ1) is 11.2. The van der Waals surface area contributed by atoms with E-state index in [-0.39, 0.29) is 5.91 Å². The third-order valence-electron chi connectivity index (χ3n) is 2.86. The first-order valence-electron chi connectivity index (χ1n) is 5.37. The number of aromatic amines is 1. The Bertz CT molecular complexity index is 619. The quantitative estimate of drug-likeness (QED) is 0.818. The Morgan fingerprint density at radius 1 is 1.53 bits per heavy atom. The number of carbonyl (C=O) groups is 1. The summed E-state index contributed by atoms with van der Waals surface area (Å²) in [6.45, 7) is 1.93. The second-order valence-electron chi connectivity index (χ2n) is 3.95. The summed E-state index contributed by atoms with van der Waals surface area (Å²) >= 11 is 0. The second kappa shape index (κ2) is 4.30. The zero-order valence-corrected chi connectivity index (χ0v) is 9.79. The van der Waals surface area contributed by atoms with E-state index in [1.807, 2.05) is 19.1 Å². The monoisotopic (exact) mass is 227 g/mol. The molecule has 1 heterocycles. The number of rotatable bonds is 2. The van der Waals surface area contributed by atoms with Crippen LogP contribution in [-0.4, -0.2) is 17.9 Å². The zero-order valence-electron chi connectivity index (χ0n) is 9.79. The number of hydrogen-bond donors (Lipinski definition) is 2. The number of benzene rings is 1. The molecule has 0 saturated carbocycles. The summed E-state index contributed by atoms with van der Waals surface area (Å²) in [5.41, 5.74) is 3.49. The number of hydrogen-bond acceptors (Lipinski definition) is 2. The first-order chi connectivity index (χ1) is 8.15. The van der Waals surface area contributed by atoms with Crippen molar-refractivity contribution in [1.29, 1.82) is 5.26 Å². The third-order valence-corrected chi connectivity index (χ3v) is 2.86. The highest BCUT2D eigenvalue weighted by Gasteiger charge is 2.11. The van der Waals surface area contributed by atoms with Crippen molar-refractivity contribution in [1.82, 2.24) is 10.3 Å². The molecular formula is C13H13N3O.